The molecule has 0 atom stereocenters. The van der Waals surface area contributed by atoms with E-state index in [1.165, 1.54) is 0 Å². The molecule has 16 heavy (non-hydrogen) atoms. The van der Waals surface area contributed by atoms with Crippen LogP contribution in [0.3, 0.4) is 0 Å². The fourth-order valence-corrected chi connectivity index (χ4v) is 1.60. The van der Waals surface area contributed by atoms with Crippen molar-refractivity contribution < 1.29 is 14.4 Å². The zero-order valence-corrected chi connectivity index (χ0v) is 9.29. The van der Waals surface area contributed by atoms with Crippen molar-refractivity contribution in [1.82, 2.24) is 10.1 Å². The molecule has 0 spiro atoms. The van der Waals surface area contributed by atoms with Gasteiger partial charge < -0.3 is 9.63 Å². The van der Waals surface area contributed by atoms with Gasteiger partial charge >= 0.3 is 6.09 Å². The first-order chi connectivity index (χ1) is 7.50. The number of rotatable bonds is 1. The van der Waals surface area contributed by atoms with Gasteiger partial charge in [-0.15, -0.1) is 0 Å². The molecule has 0 radical (unpaired) electrons. The molecular weight excluding hydrogens is 234 g/mol. The Balaban J connectivity index is 2.71. The fraction of sp³-hybridized carbons (Fsp3) is 0.222. The number of nitrogens with one attached hydrogen (secondary N) is 1. The van der Waals surface area contributed by atoms with Gasteiger partial charge in [0.05, 0.1) is 16.1 Å². The Labute approximate surface area is 95.2 Å². The van der Waals surface area contributed by atoms with E-state index in [1.54, 1.807) is 13.8 Å². The van der Waals surface area contributed by atoms with Crippen LogP contribution in [0.5, 0.6) is 0 Å². The Kier molecular flexibility index (Phi) is 2.43. The zero-order chi connectivity index (χ0) is 11.9. The van der Waals surface area contributed by atoms with E-state index < -0.39 is 6.09 Å². The number of carboxylic acid groups (broad SMARTS) is 1. The molecule has 0 saturated heterocycles. The second kappa shape index (κ2) is 3.64. The first-order valence-corrected chi connectivity index (χ1v) is 4.80. The number of anilines is 1. The molecule has 0 aliphatic heterocycles. The molecule has 1 amide bonds. The van der Waals surface area contributed by atoms with Crippen LogP contribution in [0.25, 0.3) is 11.1 Å². The predicted octanol–water partition coefficient (Wildman–Crippen LogP) is 2.58. The molecule has 6 nitrogen and oxygen atoms in total. The van der Waals surface area contributed by atoms with Crippen molar-refractivity contribution in [2.75, 3.05) is 5.32 Å². The second-order valence-electron chi connectivity index (χ2n) is 3.28. The van der Waals surface area contributed by atoms with Crippen molar-refractivity contribution >= 4 is 34.6 Å². The van der Waals surface area contributed by atoms with Crippen LogP contribution in [0, 0.1) is 13.8 Å². The molecule has 0 aromatic carbocycles. The van der Waals surface area contributed by atoms with Crippen LogP contribution in [-0.4, -0.2) is 21.3 Å². The lowest BCUT2D eigenvalue weighted by atomic mass is 10.2. The van der Waals surface area contributed by atoms with E-state index in [-0.39, 0.29) is 11.5 Å². The summed E-state index contributed by atoms with van der Waals surface area (Å²) in [6, 6.07) is 0. The maximum absolute atomic E-state index is 10.5. The van der Waals surface area contributed by atoms with Gasteiger partial charge in [0, 0.05) is 0 Å². The summed E-state index contributed by atoms with van der Waals surface area (Å²) in [4.78, 5) is 14.6. The number of carbonyl (C=O) groups is 1. The molecule has 84 valence electrons. The van der Waals surface area contributed by atoms with Crippen LogP contribution in [0.4, 0.5) is 10.6 Å². The predicted molar refractivity (Wildman–Crippen MR) is 57.9 cm³/mol. The maximum atomic E-state index is 10.5. The van der Waals surface area contributed by atoms with Crippen LogP contribution in [0.1, 0.15) is 11.3 Å². The third-order valence-corrected chi connectivity index (χ3v) is 2.75. The van der Waals surface area contributed by atoms with Gasteiger partial charge in [-0.05, 0) is 19.4 Å². The maximum Gasteiger partial charge on any atom is 0.410 e. The van der Waals surface area contributed by atoms with Crippen molar-refractivity contribution in [3.8, 4) is 0 Å². The minimum Gasteiger partial charge on any atom is -0.465 e. The van der Waals surface area contributed by atoms with E-state index in [0.717, 1.165) is 0 Å². The average Bonchev–Trinajstić information content (AvgIpc) is 2.57. The van der Waals surface area contributed by atoms with E-state index in [0.29, 0.717) is 21.7 Å². The second-order valence-corrected chi connectivity index (χ2v) is 3.66. The molecule has 2 heterocycles. The third kappa shape index (κ3) is 1.57. The van der Waals surface area contributed by atoms with Crippen molar-refractivity contribution in [3.05, 3.63) is 16.3 Å². The van der Waals surface area contributed by atoms with Gasteiger partial charge in [-0.1, -0.05) is 16.8 Å². The molecule has 0 bridgehead atoms. The van der Waals surface area contributed by atoms with Gasteiger partial charge in [-0.2, -0.15) is 0 Å². The Morgan fingerprint density at radius 3 is 2.81 bits per heavy atom. The minimum atomic E-state index is -1.22. The number of hydrogen-bond donors (Lipinski definition) is 2. The normalized spacial score (nSPS) is 10.7. The first-order valence-electron chi connectivity index (χ1n) is 4.42. The van der Waals surface area contributed by atoms with Crippen LogP contribution in [0.2, 0.25) is 5.02 Å². The highest BCUT2D eigenvalue weighted by Crippen LogP contribution is 2.31. The summed E-state index contributed by atoms with van der Waals surface area (Å²) in [6.45, 7) is 3.49. The average molecular weight is 242 g/mol. The number of aromatic nitrogens is 2. The van der Waals surface area contributed by atoms with Gasteiger partial charge in [0.2, 0.25) is 0 Å². The number of pyridine rings is 1. The quantitative estimate of drug-likeness (QED) is 0.801. The molecule has 0 unspecified atom stereocenters. The molecule has 2 N–H and O–H groups in total. The Hall–Kier alpha value is -1.82. The number of amides is 1. The van der Waals surface area contributed by atoms with E-state index in [1.807, 2.05) is 0 Å². The lowest BCUT2D eigenvalue weighted by molar-refractivity contribution is 0.209. The van der Waals surface area contributed by atoms with E-state index in [9.17, 15) is 4.79 Å². The fourth-order valence-electron chi connectivity index (χ4n) is 1.46. The number of hydrogen-bond acceptors (Lipinski definition) is 4. The summed E-state index contributed by atoms with van der Waals surface area (Å²) in [5.74, 6) is 0.106. The molecule has 2 rings (SSSR count). The molecule has 0 aliphatic carbocycles. The standard InChI is InChI=1S/C9H8ClN3O3/c1-3-5-7(12-9(14)15)13-16-8(5)11-4(2)6(3)10/h1-2H3,(H,12,13)(H,14,15). The first kappa shape index (κ1) is 10.7. The SMILES string of the molecule is Cc1nc2onc(NC(=O)O)c2c(C)c1Cl. The van der Waals surface area contributed by atoms with Gasteiger partial charge in [0.25, 0.3) is 5.71 Å². The van der Waals surface area contributed by atoms with E-state index >= 15 is 0 Å². The number of nitrogens with zero attached hydrogens (tertiary/aromatic N) is 2. The van der Waals surface area contributed by atoms with Crippen LogP contribution >= 0.6 is 11.6 Å². The van der Waals surface area contributed by atoms with Gasteiger partial charge in [-0.25, -0.2) is 9.78 Å². The van der Waals surface area contributed by atoms with Crippen molar-refractivity contribution in [2.45, 2.75) is 13.8 Å². The summed E-state index contributed by atoms with van der Waals surface area (Å²) in [5, 5.41) is 15.3. The van der Waals surface area contributed by atoms with Crippen LogP contribution < -0.4 is 5.32 Å². The highest BCUT2D eigenvalue weighted by atomic mass is 35.5. The third-order valence-electron chi connectivity index (χ3n) is 2.19. The Bertz CT molecular complexity index is 579. The molecular formula is C9H8ClN3O3. The minimum absolute atomic E-state index is 0.106. The Morgan fingerprint density at radius 2 is 2.19 bits per heavy atom. The monoisotopic (exact) mass is 241 g/mol. The molecule has 2 aromatic heterocycles. The molecule has 0 fully saturated rings. The molecule has 7 heteroatoms. The Morgan fingerprint density at radius 1 is 1.50 bits per heavy atom. The van der Waals surface area contributed by atoms with Crippen LogP contribution in [-0.2, 0) is 0 Å². The summed E-state index contributed by atoms with van der Waals surface area (Å²) < 4.78 is 4.92. The van der Waals surface area contributed by atoms with Gasteiger partial charge in [0.1, 0.15) is 0 Å². The van der Waals surface area contributed by atoms with Gasteiger partial charge in [0.15, 0.2) is 5.82 Å². The van der Waals surface area contributed by atoms with Crippen LogP contribution in [0.15, 0.2) is 4.52 Å². The topological polar surface area (TPSA) is 88.3 Å². The van der Waals surface area contributed by atoms with Crippen molar-refractivity contribution in [3.63, 3.8) is 0 Å². The van der Waals surface area contributed by atoms with Gasteiger partial charge in [-0.3, -0.25) is 5.32 Å². The summed E-state index contributed by atoms with van der Waals surface area (Å²) in [5.41, 5.74) is 1.57. The van der Waals surface area contributed by atoms with Crippen molar-refractivity contribution in [2.24, 2.45) is 0 Å². The highest BCUT2D eigenvalue weighted by Gasteiger charge is 2.17. The van der Waals surface area contributed by atoms with E-state index in [2.05, 4.69) is 15.5 Å². The smallest absolute Gasteiger partial charge is 0.410 e. The largest absolute Gasteiger partial charge is 0.465 e. The van der Waals surface area contributed by atoms with Crippen molar-refractivity contribution in [1.29, 1.82) is 0 Å². The lowest BCUT2D eigenvalue weighted by Gasteiger charge is -2.02. The zero-order valence-electron chi connectivity index (χ0n) is 8.54. The molecule has 0 aliphatic rings. The lowest BCUT2D eigenvalue weighted by Crippen LogP contribution is -2.07. The summed E-state index contributed by atoms with van der Waals surface area (Å²) in [6.07, 6.45) is -1.22. The highest BCUT2D eigenvalue weighted by molar-refractivity contribution is 6.33. The number of fused-ring (bicyclic) bond motifs is 1. The summed E-state index contributed by atoms with van der Waals surface area (Å²) >= 11 is 6.01. The number of halogens is 1. The summed E-state index contributed by atoms with van der Waals surface area (Å²) in [7, 11) is 0. The number of aryl methyl sites for hydroxylation is 2. The van der Waals surface area contributed by atoms with E-state index in [4.69, 9.17) is 21.2 Å². The molecule has 0 saturated carbocycles. The molecule has 2 aromatic rings.